The molecule has 0 bridgehead atoms. The van der Waals surface area contributed by atoms with Crippen molar-refractivity contribution in [2.75, 3.05) is 11.9 Å². The molecular weight excluding hydrogens is 292 g/mol. The summed E-state index contributed by atoms with van der Waals surface area (Å²) in [6.45, 7) is 3.30. The van der Waals surface area contributed by atoms with Gasteiger partial charge in [0.25, 0.3) is 0 Å². The highest BCUT2D eigenvalue weighted by Crippen LogP contribution is 2.16. The van der Waals surface area contributed by atoms with Crippen LogP contribution in [0, 0.1) is 0 Å². The normalized spacial score (nSPS) is 10.3. The fourth-order valence-corrected chi connectivity index (χ4v) is 2.15. The summed E-state index contributed by atoms with van der Waals surface area (Å²) in [6, 6.07) is 10.9. The summed E-state index contributed by atoms with van der Waals surface area (Å²) in [5, 5.41) is 2.84. The molecule has 23 heavy (non-hydrogen) atoms. The van der Waals surface area contributed by atoms with Crippen LogP contribution in [0.2, 0.25) is 0 Å². The quantitative estimate of drug-likeness (QED) is 0.569. The van der Waals surface area contributed by atoms with E-state index in [4.69, 9.17) is 4.74 Å². The van der Waals surface area contributed by atoms with Crippen molar-refractivity contribution < 1.29 is 14.3 Å². The SMILES string of the molecule is CCCCOc1ccc(NC(=O)CCn2cccc2C=O)cc1. The smallest absolute Gasteiger partial charge is 0.226 e. The van der Waals surface area contributed by atoms with Crippen molar-refractivity contribution in [2.45, 2.75) is 32.7 Å². The number of aldehydes is 1. The molecule has 0 aliphatic rings. The lowest BCUT2D eigenvalue weighted by Crippen LogP contribution is -2.15. The summed E-state index contributed by atoms with van der Waals surface area (Å²) in [4.78, 5) is 22.8. The van der Waals surface area contributed by atoms with Gasteiger partial charge in [0.2, 0.25) is 5.91 Å². The van der Waals surface area contributed by atoms with Crippen LogP contribution in [0.5, 0.6) is 5.75 Å². The van der Waals surface area contributed by atoms with Crippen LogP contribution in [-0.4, -0.2) is 23.4 Å². The van der Waals surface area contributed by atoms with Gasteiger partial charge in [0, 0.05) is 24.8 Å². The van der Waals surface area contributed by atoms with E-state index in [1.807, 2.05) is 24.3 Å². The number of rotatable bonds is 9. The number of nitrogens with zero attached hydrogens (tertiary/aromatic N) is 1. The number of unbranched alkanes of at least 4 members (excludes halogenated alkanes) is 1. The Morgan fingerprint density at radius 2 is 2.04 bits per heavy atom. The number of ether oxygens (including phenoxy) is 1. The highest BCUT2D eigenvalue weighted by atomic mass is 16.5. The lowest BCUT2D eigenvalue weighted by Gasteiger charge is -2.09. The topological polar surface area (TPSA) is 60.3 Å². The Morgan fingerprint density at radius 3 is 2.74 bits per heavy atom. The lowest BCUT2D eigenvalue weighted by molar-refractivity contribution is -0.116. The molecule has 122 valence electrons. The first-order valence-electron chi connectivity index (χ1n) is 7.86. The van der Waals surface area contributed by atoms with E-state index in [0.29, 0.717) is 25.3 Å². The summed E-state index contributed by atoms with van der Waals surface area (Å²) in [7, 11) is 0. The first-order valence-corrected chi connectivity index (χ1v) is 7.86. The Bertz CT molecular complexity index is 632. The van der Waals surface area contributed by atoms with E-state index in [1.54, 1.807) is 22.9 Å². The molecule has 1 N–H and O–H groups in total. The number of carbonyl (C=O) groups excluding carboxylic acids is 2. The fraction of sp³-hybridized carbons (Fsp3) is 0.333. The van der Waals surface area contributed by atoms with E-state index in [2.05, 4.69) is 12.2 Å². The highest BCUT2D eigenvalue weighted by molar-refractivity contribution is 5.90. The van der Waals surface area contributed by atoms with Gasteiger partial charge < -0.3 is 14.6 Å². The third kappa shape index (κ3) is 5.29. The summed E-state index contributed by atoms with van der Waals surface area (Å²) >= 11 is 0. The number of carbonyl (C=O) groups is 2. The van der Waals surface area contributed by atoms with E-state index in [9.17, 15) is 9.59 Å². The first-order chi connectivity index (χ1) is 11.2. The van der Waals surface area contributed by atoms with Crippen LogP contribution in [0.15, 0.2) is 42.6 Å². The largest absolute Gasteiger partial charge is 0.494 e. The molecule has 0 radical (unpaired) electrons. The molecule has 5 nitrogen and oxygen atoms in total. The molecular formula is C18H22N2O3. The van der Waals surface area contributed by atoms with Crippen molar-refractivity contribution in [3.8, 4) is 5.75 Å². The van der Waals surface area contributed by atoms with Gasteiger partial charge in [-0.25, -0.2) is 0 Å². The molecule has 0 aliphatic carbocycles. The van der Waals surface area contributed by atoms with Crippen LogP contribution in [0.25, 0.3) is 0 Å². The predicted octanol–water partition coefficient (Wildman–Crippen LogP) is 3.51. The maximum atomic E-state index is 12.0. The summed E-state index contributed by atoms with van der Waals surface area (Å²) in [5.74, 6) is 0.717. The second kappa shape index (κ2) is 8.78. The van der Waals surface area contributed by atoms with Gasteiger partial charge in [0.1, 0.15) is 5.75 Å². The van der Waals surface area contributed by atoms with E-state index in [1.165, 1.54) is 0 Å². The number of aryl methyl sites for hydroxylation is 1. The van der Waals surface area contributed by atoms with Crippen molar-refractivity contribution in [1.29, 1.82) is 0 Å². The Kier molecular flexibility index (Phi) is 6.41. The molecule has 2 aromatic rings. The van der Waals surface area contributed by atoms with Crippen molar-refractivity contribution >= 4 is 17.9 Å². The highest BCUT2D eigenvalue weighted by Gasteiger charge is 2.05. The van der Waals surface area contributed by atoms with E-state index >= 15 is 0 Å². The zero-order valence-electron chi connectivity index (χ0n) is 13.3. The van der Waals surface area contributed by atoms with Gasteiger partial charge in [0.05, 0.1) is 12.3 Å². The number of anilines is 1. The molecule has 0 spiro atoms. The fourth-order valence-electron chi connectivity index (χ4n) is 2.15. The van der Waals surface area contributed by atoms with Gasteiger partial charge >= 0.3 is 0 Å². The van der Waals surface area contributed by atoms with Crippen LogP contribution >= 0.6 is 0 Å². The average molecular weight is 314 g/mol. The molecule has 1 aromatic carbocycles. The van der Waals surface area contributed by atoms with Crippen LogP contribution in [-0.2, 0) is 11.3 Å². The van der Waals surface area contributed by atoms with Crippen molar-refractivity contribution in [3.05, 3.63) is 48.3 Å². The third-order valence-electron chi connectivity index (χ3n) is 3.47. The Balaban J connectivity index is 1.79. The molecule has 0 saturated carbocycles. The van der Waals surface area contributed by atoms with Gasteiger partial charge in [0.15, 0.2) is 6.29 Å². The standard InChI is InChI=1S/C18H22N2O3/c1-2-3-13-23-17-8-6-15(7-9-17)19-18(22)10-12-20-11-4-5-16(20)14-21/h4-9,11,14H,2-3,10,12-13H2,1H3,(H,19,22). The molecule has 0 atom stereocenters. The molecule has 1 amide bonds. The third-order valence-corrected chi connectivity index (χ3v) is 3.47. The van der Waals surface area contributed by atoms with Crippen molar-refractivity contribution in [3.63, 3.8) is 0 Å². The number of hydrogen-bond acceptors (Lipinski definition) is 3. The van der Waals surface area contributed by atoms with Crippen molar-refractivity contribution in [2.24, 2.45) is 0 Å². The molecule has 0 saturated heterocycles. The molecule has 1 heterocycles. The molecule has 0 aliphatic heterocycles. The second-order valence-corrected chi connectivity index (χ2v) is 5.27. The Morgan fingerprint density at radius 1 is 1.26 bits per heavy atom. The van der Waals surface area contributed by atoms with E-state index in [-0.39, 0.29) is 5.91 Å². The maximum absolute atomic E-state index is 12.0. The van der Waals surface area contributed by atoms with Gasteiger partial charge in [-0.05, 0) is 42.8 Å². The van der Waals surface area contributed by atoms with Gasteiger partial charge in [-0.2, -0.15) is 0 Å². The zero-order chi connectivity index (χ0) is 16.5. The Hall–Kier alpha value is -2.56. The minimum absolute atomic E-state index is 0.0878. The summed E-state index contributed by atoms with van der Waals surface area (Å²) in [6.07, 6.45) is 5.01. The molecule has 0 unspecified atom stereocenters. The summed E-state index contributed by atoms with van der Waals surface area (Å²) < 4.78 is 7.34. The molecule has 5 heteroatoms. The van der Waals surface area contributed by atoms with Crippen molar-refractivity contribution in [1.82, 2.24) is 4.57 Å². The first kappa shape index (κ1) is 16.8. The van der Waals surface area contributed by atoms with Crippen LogP contribution in [0.3, 0.4) is 0 Å². The minimum atomic E-state index is -0.0878. The second-order valence-electron chi connectivity index (χ2n) is 5.27. The Labute approximate surface area is 136 Å². The molecule has 0 fully saturated rings. The van der Waals surface area contributed by atoms with Gasteiger partial charge in [-0.15, -0.1) is 0 Å². The molecule has 2 rings (SSSR count). The van der Waals surface area contributed by atoms with E-state index in [0.717, 1.165) is 30.6 Å². The molecule has 1 aromatic heterocycles. The number of nitrogens with one attached hydrogen (secondary N) is 1. The minimum Gasteiger partial charge on any atom is -0.494 e. The maximum Gasteiger partial charge on any atom is 0.226 e. The number of hydrogen-bond donors (Lipinski definition) is 1. The van der Waals surface area contributed by atoms with E-state index < -0.39 is 0 Å². The number of aromatic nitrogens is 1. The monoisotopic (exact) mass is 314 g/mol. The van der Waals surface area contributed by atoms with Gasteiger partial charge in [-0.3, -0.25) is 9.59 Å². The average Bonchev–Trinajstić information content (AvgIpc) is 3.02. The van der Waals surface area contributed by atoms with Crippen LogP contribution in [0.1, 0.15) is 36.7 Å². The predicted molar refractivity (Wildman–Crippen MR) is 89.9 cm³/mol. The van der Waals surface area contributed by atoms with Crippen LogP contribution in [0.4, 0.5) is 5.69 Å². The lowest BCUT2D eigenvalue weighted by atomic mass is 10.3. The summed E-state index contributed by atoms with van der Waals surface area (Å²) in [5.41, 5.74) is 1.31. The number of benzene rings is 1. The zero-order valence-corrected chi connectivity index (χ0v) is 13.3. The van der Waals surface area contributed by atoms with Crippen LogP contribution < -0.4 is 10.1 Å². The number of amides is 1. The van der Waals surface area contributed by atoms with Gasteiger partial charge in [-0.1, -0.05) is 13.3 Å².